The molecule has 0 bridgehead atoms. The molecule has 5 heteroatoms. The molecule has 21 heavy (non-hydrogen) atoms. The van der Waals surface area contributed by atoms with Gasteiger partial charge in [-0.25, -0.2) is 4.79 Å². The lowest BCUT2D eigenvalue weighted by molar-refractivity contribution is -0.142. The van der Waals surface area contributed by atoms with E-state index >= 15 is 0 Å². The van der Waals surface area contributed by atoms with Crippen molar-refractivity contribution in [2.45, 2.75) is 33.1 Å². The Kier molecular flexibility index (Phi) is 4.73. The summed E-state index contributed by atoms with van der Waals surface area (Å²) in [4.78, 5) is 36.9. The Morgan fingerprint density at radius 2 is 2.00 bits per heavy atom. The van der Waals surface area contributed by atoms with Crippen molar-refractivity contribution in [2.24, 2.45) is 5.92 Å². The van der Waals surface area contributed by atoms with E-state index in [1.165, 1.54) is 0 Å². The van der Waals surface area contributed by atoms with Gasteiger partial charge in [-0.15, -0.1) is 0 Å². The summed E-state index contributed by atoms with van der Waals surface area (Å²) in [6.45, 7) is 4.20. The predicted molar refractivity (Wildman–Crippen MR) is 78.5 cm³/mol. The summed E-state index contributed by atoms with van der Waals surface area (Å²) in [5.41, 5.74) is 2.21. The van der Waals surface area contributed by atoms with Crippen molar-refractivity contribution in [2.75, 3.05) is 6.54 Å². The fourth-order valence-electron chi connectivity index (χ4n) is 2.52. The first-order chi connectivity index (χ1) is 10.0. The number of aryl methyl sites for hydroxylation is 1. The van der Waals surface area contributed by atoms with Crippen LogP contribution in [0, 0.1) is 12.8 Å². The first-order valence-corrected chi connectivity index (χ1v) is 7.24. The normalized spacial score (nSPS) is 18.9. The van der Waals surface area contributed by atoms with Crippen LogP contribution in [0.3, 0.4) is 0 Å². The number of imide groups is 2. The highest BCUT2D eigenvalue weighted by molar-refractivity contribution is 6.16. The molecule has 1 aliphatic rings. The van der Waals surface area contributed by atoms with Crippen LogP contribution in [0.5, 0.6) is 0 Å². The first-order valence-electron chi connectivity index (χ1n) is 7.24. The maximum atomic E-state index is 12.3. The zero-order chi connectivity index (χ0) is 15.4. The quantitative estimate of drug-likeness (QED) is 0.843. The number of hydrogen-bond acceptors (Lipinski definition) is 3. The monoisotopic (exact) mass is 288 g/mol. The van der Waals surface area contributed by atoms with E-state index in [0.717, 1.165) is 22.4 Å². The van der Waals surface area contributed by atoms with Crippen LogP contribution in [0.2, 0.25) is 0 Å². The van der Waals surface area contributed by atoms with Crippen molar-refractivity contribution < 1.29 is 14.4 Å². The molecule has 112 valence electrons. The third-order valence-electron chi connectivity index (χ3n) is 3.64. The Morgan fingerprint density at radius 3 is 2.67 bits per heavy atom. The Labute approximate surface area is 124 Å². The largest absolute Gasteiger partial charge is 0.330 e. The van der Waals surface area contributed by atoms with Crippen LogP contribution in [0.1, 0.15) is 30.9 Å². The minimum atomic E-state index is -0.731. The van der Waals surface area contributed by atoms with E-state index in [4.69, 9.17) is 0 Å². The molecule has 0 aliphatic carbocycles. The molecule has 1 N–H and O–H groups in total. The number of nitrogens with zero attached hydrogens (tertiary/aromatic N) is 1. The topological polar surface area (TPSA) is 66.5 Å². The zero-order valence-electron chi connectivity index (χ0n) is 12.4. The van der Waals surface area contributed by atoms with Crippen molar-refractivity contribution in [3.05, 3.63) is 35.4 Å². The Balaban J connectivity index is 2.05. The third kappa shape index (κ3) is 3.48. The fourth-order valence-corrected chi connectivity index (χ4v) is 2.52. The van der Waals surface area contributed by atoms with E-state index < -0.39 is 17.9 Å². The van der Waals surface area contributed by atoms with Gasteiger partial charge in [0.05, 0.1) is 0 Å². The molecule has 1 atom stereocenters. The molecule has 1 aromatic carbocycles. The lowest BCUT2D eigenvalue weighted by Crippen LogP contribution is -2.58. The van der Waals surface area contributed by atoms with Crippen LogP contribution in [0.4, 0.5) is 4.79 Å². The molecule has 2 rings (SSSR count). The smallest absolute Gasteiger partial charge is 0.277 e. The van der Waals surface area contributed by atoms with Crippen molar-refractivity contribution in [3.8, 4) is 0 Å². The number of carbonyl (C=O) groups excluding carboxylic acids is 3. The number of amides is 4. The second-order valence-electron chi connectivity index (χ2n) is 5.36. The van der Waals surface area contributed by atoms with Gasteiger partial charge >= 0.3 is 6.03 Å². The Morgan fingerprint density at radius 1 is 1.24 bits per heavy atom. The highest BCUT2D eigenvalue weighted by atomic mass is 16.2. The van der Waals surface area contributed by atoms with Crippen LogP contribution in [0.15, 0.2) is 24.3 Å². The third-order valence-corrected chi connectivity index (χ3v) is 3.64. The number of benzene rings is 1. The number of carbonyl (C=O) groups is 3. The van der Waals surface area contributed by atoms with E-state index in [1.807, 2.05) is 38.1 Å². The molecule has 1 fully saturated rings. The predicted octanol–water partition coefficient (Wildman–Crippen LogP) is 2.03. The van der Waals surface area contributed by atoms with Crippen LogP contribution in [0.25, 0.3) is 0 Å². The van der Waals surface area contributed by atoms with Gasteiger partial charge < -0.3 is 0 Å². The minimum absolute atomic E-state index is 0.293. The standard InChI is InChI=1S/C16H20N2O3/c1-3-5-13-14(19)17-16(21)18(15(13)20)9-8-12-7-4-6-11(2)10-12/h4,6-7,10,13H,3,5,8-9H2,1-2H3,(H,17,19,21). The molecule has 0 radical (unpaired) electrons. The maximum absolute atomic E-state index is 12.3. The second kappa shape index (κ2) is 6.52. The molecule has 0 spiro atoms. The van der Waals surface area contributed by atoms with Crippen molar-refractivity contribution in [3.63, 3.8) is 0 Å². The van der Waals surface area contributed by atoms with Gasteiger partial charge in [-0.2, -0.15) is 0 Å². The highest BCUT2D eigenvalue weighted by Crippen LogP contribution is 2.16. The van der Waals surface area contributed by atoms with E-state index in [-0.39, 0.29) is 5.91 Å². The summed E-state index contributed by atoms with van der Waals surface area (Å²) >= 11 is 0. The average molecular weight is 288 g/mol. The van der Waals surface area contributed by atoms with Crippen LogP contribution in [-0.2, 0) is 16.0 Å². The molecule has 1 aromatic rings. The summed E-state index contributed by atoms with van der Waals surface area (Å²) < 4.78 is 0. The van der Waals surface area contributed by atoms with Gasteiger partial charge in [-0.05, 0) is 25.3 Å². The number of urea groups is 1. The number of rotatable bonds is 5. The lowest BCUT2D eigenvalue weighted by Gasteiger charge is -2.30. The summed E-state index contributed by atoms with van der Waals surface area (Å²) in [5, 5.41) is 2.27. The van der Waals surface area contributed by atoms with E-state index in [9.17, 15) is 14.4 Å². The van der Waals surface area contributed by atoms with Gasteiger partial charge in [-0.1, -0.05) is 43.2 Å². The fraction of sp³-hybridized carbons (Fsp3) is 0.438. The van der Waals surface area contributed by atoms with Gasteiger partial charge in [0.2, 0.25) is 11.8 Å². The van der Waals surface area contributed by atoms with Gasteiger partial charge in [0.15, 0.2) is 0 Å². The van der Waals surface area contributed by atoms with Gasteiger partial charge in [0.25, 0.3) is 0 Å². The van der Waals surface area contributed by atoms with Crippen LogP contribution in [-0.4, -0.2) is 29.3 Å². The first kappa shape index (κ1) is 15.2. The van der Waals surface area contributed by atoms with Gasteiger partial charge in [0.1, 0.15) is 5.92 Å². The van der Waals surface area contributed by atoms with Crippen molar-refractivity contribution in [1.29, 1.82) is 0 Å². The molecule has 4 amide bonds. The summed E-state index contributed by atoms with van der Waals surface area (Å²) in [6, 6.07) is 7.34. The molecular formula is C16H20N2O3. The SMILES string of the molecule is CCCC1C(=O)NC(=O)N(CCc2cccc(C)c2)C1=O. The molecule has 0 saturated carbocycles. The lowest BCUT2D eigenvalue weighted by atomic mass is 9.99. The van der Waals surface area contributed by atoms with Gasteiger partial charge in [0, 0.05) is 6.54 Å². The van der Waals surface area contributed by atoms with Crippen LogP contribution < -0.4 is 5.32 Å². The maximum Gasteiger partial charge on any atom is 0.330 e. The molecule has 1 saturated heterocycles. The molecule has 1 heterocycles. The number of hydrogen-bond donors (Lipinski definition) is 1. The molecule has 5 nitrogen and oxygen atoms in total. The molecule has 1 unspecified atom stereocenters. The average Bonchev–Trinajstić information content (AvgIpc) is 2.43. The minimum Gasteiger partial charge on any atom is -0.277 e. The van der Waals surface area contributed by atoms with E-state index in [0.29, 0.717) is 19.4 Å². The summed E-state index contributed by atoms with van der Waals surface area (Å²) in [7, 11) is 0. The Hall–Kier alpha value is -2.17. The van der Waals surface area contributed by atoms with E-state index in [2.05, 4.69) is 5.32 Å². The van der Waals surface area contributed by atoms with Crippen molar-refractivity contribution in [1.82, 2.24) is 10.2 Å². The van der Waals surface area contributed by atoms with Crippen LogP contribution >= 0.6 is 0 Å². The number of nitrogens with one attached hydrogen (secondary N) is 1. The second-order valence-corrected chi connectivity index (χ2v) is 5.36. The molecular weight excluding hydrogens is 268 g/mol. The van der Waals surface area contributed by atoms with Crippen molar-refractivity contribution >= 4 is 17.8 Å². The summed E-state index contributed by atoms with van der Waals surface area (Å²) in [5.74, 6) is -1.58. The molecule has 1 aliphatic heterocycles. The van der Waals surface area contributed by atoms with Gasteiger partial charge in [-0.3, -0.25) is 19.8 Å². The zero-order valence-corrected chi connectivity index (χ0v) is 12.4. The van der Waals surface area contributed by atoms with E-state index in [1.54, 1.807) is 0 Å². The number of barbiturate groups is 1. The summed E-state index contributed by atoms with van der Waals surface area (Å²) in [6.07, 6.45) is 1.79. The molecule has 0 aromatic heterocycles. The Bertz CT molecular complexity index is 568. The highest BCUT2D eigenvalue weighted by Gasteiger charge is 2.39.